The number of nitrogens with two attached hydrogens (primary N) is 1. The number of nitro groups is 1. The van der Waals surface area contributed by atoms with Crippen LogP contribution in [0.3, 0.4) is 0 Å². The first-order valence-electron chi connectivity index (χ1n) is 5.75. The normalized spacial score (nSPS) is 16.0. The summed E-state index contributed by atoms with van der Waals surface area (Å²) < 4.78 is 0. The Morgan fingerprint density at radius 3 is 2.68 bits per heavy atom. The van der Waals surface area contributed by atoms with Gasteiger partial charge in [-0.2, -0.15) is 5.26 Å². The highest BCUT2D eigenvalue weighted by atomic mass is 16.6. The molecule has 1 aromatic carbocycles. The van der Waals surface area contributed by atoms with Crippen LogP contribution >= 0.6 is 0 Å². The Morgan fingerprint density at radius 2 is 2.21 bits per heavy atom. The zero-order chi connectivity index (χ0) is 14.0. The Balaban J connectivity index is 2.27. The minimum atomic E-state index is -0.929. The molecule has 1 saturated carbocycles. The zero-order valence-electron chi connectivity index (χ0n) is 10.0. The monoisotopic (exact) mass is 260 g/mol. The van der Waals surface area contributed by atoms with Crippen LogP contribution in [0.15, 0.2) is 18.2 Å². The third-order valence-corrected chi connectivity index (χ3v) is 3.27. The molecule has 0 aromatic heterocycles. The van der Waals surface area contributed by atoms with Crippen molar-refractivity contribution in [3.63, 3.8) is 0 Å². The maximum absolute atomic E-state index is 11.9. The molecule has 98 valence electrons. The quantitative estimate of drug-likeness (QED) is 0.626. The summed E-state index contributed by atoms with van der Waals surface area (Å²) in [5, 5.41) is 22.1. The van der Waals surface area contributed by atoms with Crippen molar-refractivity contribution in [1.82, 2.24) is 0 Å². The van der Waals surface area contributed by atoms with Crippen LogP contribution < -0.4 is 11.1 Å². The summed E-state index contributed by atoms with van der Waals surface area (Å²) >= 11 is 0. The van der Waals surface area contributed by atoms with E-state index in [-0.39, 0.29) is 16.9 Å². The highest BCUT2D eigenvalue weighted by Crippen LogP contribution is 2.32. The van der Waals surface area contributed by atoms with Gasteiger partial charge in [-0.3, -0.25) is 14.9 Å². The van der Waals surface area contributed by atoms with Gasteiger partial charge < -0.3 is 11.1 Å². The van der Waals surface area contributed by atoms with E-state index in [9.17, 15) is 14.9 Å². The van der Waals surface area contributed by atoms with Gasteiger partial charge in [-0.1, -0.05) is 0 Å². The number of carbonyl (C=O) groups is 1. The molecule has 19 heavy (non-hydrogen) atoms. The van der Waals surface area contributed by atoms with E-state index >= 15 is 0 Å². The third kappa shape index (κ3) is 2.39. The lowest BCUT2D eigenvalue weighted by molar-refractivity contribution is -0.384. The van der Waals surface area contributed by atoms with E-state index < -0.39 is 16.4 Å². The molecule has 0 aliphatic heterocycles. The molecule has 1 aliphatic rings. The second kappa shape index (κ2) is 4.66. The van der Waals surface area contributed by atoms with Crippen LogP contribution in [0.4, 0.5) is 11.4 Å². The maximum Gasteiger partial charge on any atom is 0.294 e. The molecule has 0 bridgehead atoms. The Hall–Kier alpha value is -2.46. The lowest BCUT2D eigenvalue weighted by Gasteiger charge is -2.36. The largest absolute Gasteiger partial charge is 0.319 e. The molecule has 1 fully saturated rings. The average molecular weight is 260 g/mol. The number of anilines is 1. The van der Waals surface area contributed by atoms with Gasteiger partial charge in [0.2, 0.25) is 5.91 Å². The van der Waals surface area contributed by atoms with Crippen molar-refractivity contribution in [1.29, 1.82) is 5.26 Å². The number of nitrogens with zero attached hydrogens (tertiary/aromatic N) is 2. The van der Waals surface area contributed by atoms with Crippen molar-refractivity contribution in [3.8, 4) is 6.07 Å². The Labute approximate surface area is 109 Å². The van der Waals surface area contributed by atoms with Crippen molar-refractivity contribution in [2.24, 2.45) is 5.73 Å². The first-order valence-corrected chi connectivity index (χ1v) is 5.75. The molecule has 0 radical (unpaired) electrons. The number of benzene rings is 1. The van der Waals surface area contributed by atoms with Crippen LogP contribution in [0.25, 0.3) is 0 Å². The summed E-state index contributed by atoms with van der Waals surface area (Å²) in [7, 11) is 0. The van der Waals surface area contributed by atoms with Crippen LogP contribution in [0.1, 0.15) is 24.8 Å². The number of nitrogens with one attached hydrogen (secondary N) is 1. The number of hydrogen-bond donors (Lipinski definition) is 2. The van der Waals surface area contributed by atoms with Crippen molar-refractivity contribution >= 4 is 17.3 Å². The minimum absolute atomic E-state index is 0.0609. The fraction of sp³-hybridized carbons (Fsp3) is 0.333. The van der Waals surface area contributed by atoms with Gasteiger partial charge in [-0.05, 0) is 31.4 Å². The van der Waals surface area contributed by atoms with E-state index in [0.717, 1.165) is 12.5 Å². The molecule has 1 aromatic rings. The zero-order valence-corrected chi connectivity index (χ0v) is 10.0. The molecule has 0 saturated heterocycles. The number of nitriles is 1. The molecule has 7 heteroatoms. The Bertz CT molecular complexity index is 587. The molecule has 1 amide bonds. The molecule has 0 atom stereocenters. The molecule has 3 N–H and O–H groups in total. The van der Waals surface area contributed by atoms with Crippen molar-refractivity contribution < 1.29 is 9.72 Å². The first kappa shape index (κ1) is 13.0. The van der Waals surface area contributed by atoms with Crippen LogP contribution in [0.2, 0.25) is 0 Å². The number of hydrogen-bond acceptors (Lipinski definition) is 5. The molecule has 1 aliphatic carbocycles. The van der Waals surface area contributed by atoms with Crippen molar-refractivity contribution in [2.75, 3.05) is 5.32 Å². The third-order valence-electron chi connectivity index (χ3n) is 3.27. The topological polar surface area (TPSA) is 122 Å². The Morgan fingerprint density at radius 1 is 1.53 bits per heavy atom. The Kier molecular flexibility index (Phi) is 3.19. The predicted octanol–water partition coefficient (Wildman–Crippen LogP) is 1.29. The van der Waals surface area contributed by atoms with Gasteiger partial charge in [0, 0.05) is 6.07 Å². The molecule has 0 heterocycles. The van der Waals surface area contributed by atoms with Gasteiger partial charge in [0.15, 0.2) is 0 Å². The second-order valence-corrected chi connectivity index (χ2v) is 4.56. The lowest BCUT2D eigenvalue weighted by Crippen LogP contribution is -2.56. The smallest absolute Gasteiger partial charge is 0.294 e. The van der Waals surface area contributed by atoms with Gasteiger partial charge in [0.1, 0.15) is 5.69 Å². The van der Waals surface area contributed by atoms with Crippen LogP contribution in [-0.2, 0) is 4.79 Å². The maximum atomic E-state index is 11.9. The van der Waals surface area contributed by atoms with Crippen LogP contribution in [0.5, 0.6) is 0 Å². The highest BCUT2D eigenvalue weighted by molar-refractivity contribution is 6.00. The molecule has 7 nitrogen and oxygen atoms in total. The second-order valence-electron chi connectivity index (χ2n) is 4.56. The van der Waals surface area contributed by atoms with Crippen LogP contribution in [0, 0.1) is 21.4 Å². The average Bonchev–Trinajstić information content (AvgIpc) is 2.35. The van der Waals surface area contributed by atoms with Gasteiger partial charge in [-0.25, -0.2) is 0 Å². The predicted molar refractivity (Wildman–Crippen MR) is 67.2 cm³/mol. The summed E-state index contributed by atoms with van der Waals surface area (Å²) in [4.78, 5) is 22.2. The van der Waals surface area contributed by atoms with E-state index in [0.29, 0.717) is 12.8 Å². The molecular weight excluding hydrogens is 248 g/mol. The molecule has 0 spiro atoms. The van der Waals surface area contributed by atoms with E-state index in [1.807, 2.05) is 6.07 Å². The van der Waals surface area contributed by atoms with Crippen molar-refractivity contribution in [3.05, 3.63) is 33.9 Å². The summed E-state index contributed by atoms with van der Waals surface area (Å²) in [6, 6.07) is 5.69. The fourth-order valence-electron chi connectivity index (χ4n) is 1.89. The van der Waals surface area contributed by atoms with E-state index in [2.05, 4.69) is 5.32 Å². The number of amides is 1. The number of rotatable bonds is 3. The number of carbonyl (C=O) groups excluding carboxylic acids is 1. The van der Waals surface area contributed by atoms with Gasteiger partial charge in [0.05, 0.1) is 22.1 Å². The summed E-state index contributed by atoms with van der Waals surface area (Å²) in [6.07, 6.45) is 2.02. The number of nitro benzene ring substituents is 1. The van der Waals surface area contributed by atoms with Crippen molar-refractivity contribution in [2.45, 2.75) is 24.8 Å². The van der Waals surface area contributed by atoms with Gasteiger partial charge >= 0.3 is 0 Å². The fourth-order valence-corrected chi connectivity index (χ4v) is 1.89. The lowest BCUT2D eigenvalue weighted by atomic mass is 9.77. The molecule has 2 rings (SSSR count). The summed E-state index contributed by atoms with van der Waals surface area (Å²) in [5.41, 5.74) is 4.83. The summed E-state index contributed by atoms with van der Waals surface area (Å²) in [6.45, 7) is 0. The SMILES string of the molecule is N#Cc1ccc(NC(=O)C2(N)CCC2)c([N+](=O)[O-])c1. The highest BCUT2D eigenvalue weighted by Gasteiger charge is 2.40. The van der Waals surface area contributed by atoms with E-state index in [1.165, 1.54) is 12.1 Å². The standard InChI is InChI=1S/C12H12N4O3/c13-7-8-2-3-9(10(6-8)16(18)19)15-11(17)12(14)4-1-5-12/h2-3,6H,1,4-5,14H2,(H,15,17). The molecule has 0 unspecified atom stereocenters. The van der Waals surface area contributed by atoms with E-state index in [4.69, 9.17) is 11.0 Å². The molecular formula is C12H12N4O3. The van der Waals surface area contributed by atoms with E-state index in [1.54, 1.807) is 0 Å². The minimum Gasteiger partial charge on any atom is -0.319 e. The summed E-state index contributed by atoms with van der Waals surface area (Å²) in [5.74, 6) is -0.424. The van der Waals surface area contributed by atoms with Gasteiger partial charge in [0.25, 0.3) is 5.69 Å². The van der Waals surface area contributed by atoms with Crippen LogP contribution in [-0.4, -0.2) is 16.4 Å². The first-order chi connectivity index (χ1) is 8.96. The van der Waals surface area contributed by atoms with Gasteiger partial charge in [-0.15, -0.1) is 0 Å².